The zero-order chi connectivity index (χ0) is 15.2. The average molecular weight is 284 g/mol. The first kappa shape index (κ1) is 14.6. The molecule has 0 aliphatic carbocycles. The van der Waals surface area contributed by atoms with Gasteiger partial charge in [0.25, 0.3) is 0 Å². The summed E-state index contributed by atoms with van der Waals surface area (Å²) in [5.74, 6) is -1.35. The number of benzene rings is 2. The number of hydrogen-bond donors (Lipinski definition) is 3. The first-order valence-corrected chi connectivity index (χ1v) is 6.53. The van der Waals surface area contributed by atoms with Gasteiger partial charge in [-0.15, -0.1) is 0 Å². The van der Waals surface area contributed by atoms with Crippen LogP contribution in [0.3, 0.4) is 0 Å². The summed E-state index contributed by atoms with van der Waals surface area (Å²) in [5.41, 5.74) is 7.33. The van der Waals surface area contributed by atoms with Crippen LogP contribution in [0.15, 0.2) is 48.5 Å². The summed E-state index contributed by atoms with van der Waals surface area (Å²) in [7, 11) is 0. The quantitative estimate of drug-likeness (QED) is 0.736. The summed E-state index contributed by atoms with van der Waals surface area (Å²) in [5, 5.41) is 11.7. The van der Waals surface area contributed by atoms with Gasteiger partial charge in [-0.05, 0) is 30.2 Å². The minimum absolute atomic E-state index is 0.0252. The summed E-state index contributed by atoms with van der Waals surface area (Å²) in [6.07, 6.45) is 0.870. The summed E-state index contributed by atoms with van der Waals surface area (Å²) in [4.78, 5) is 23.0. The molecule has 0 spiro atoms. The van der Waals surface area contributed by atoms with E-state index in [9.17, 15) is 9.59 Å². The number of aryl methyl sites for hydroxylation is 1. The molecule has 0 aliphatic heterocycles. The van der Waals surface area contributed by atoms with Crippen LogP contribution >= 0.6 is 0 Å². The lowest BCUT2D eigenvalue weighted by molar-refractivity contribution is -0.116. The van der Waals surface area contributed by atoms with E-state index in [1.165, 1.54) is 18.2 Å². The largest absolute Gasteiger partial charge is 0.478 e. The van der Waals surface area contributed by atoms with E-state index in [4.69, 9.17) is 10.8 Å². The summed E-state index contributed by atoms with van der Waals surface area (Å²) in [6.45, 7) is 0. The predicted molar refractivity (Wildman–Crippen MR) is 81.2 cm³/mol. The van der Waals surface area contributed by atoms with Crippen molar-refractivity contribution in [2.24, 2.45) is 0 Å². The predicted octanol–water partition coefficient (Wildman–Crippen LogP) is 2.54. The number of anilines is 2. The molecule has 21 heavy (non-hydrogen) atoms. The molecule has 0 saturated carbocycles. The first-order chi connectivity index (χ1) is 10.1. The van der Waals surface area contributed by atoms with E-state index in [1.54, 1.807) is 0 Å². The number of nitrogens with one attached hydrogen (secondary N) is 1. The molecule has 2 aromatic rings. The molecule has 0 fully saturated rings. The monoisotopic (exact) mass is 284 g/mol. The van der Waals surface area contributed by atoms with Gasteiger partial charge in [-0.3, -0.25) is 4.79 Å². The highest BCUT2D eigenvalue weighted by molar-refractivity contribution is 6.01. The Morgan fingerprint density at radius 3 is 2.48 bits per heavy atom. The summed E-state index contributed by atoms with van der Waals surface area (Å²) in [6, 6.07) is 13.9. The number of carbonyl (C=O) groups is 2. The van der Waals surface area contributed by atoms with E-state index in [1.807, 2.05) is 30.3 Å². The van der Waals surface area contributed by atoms with Crippen LogP contribution in [0.4, 0.5) is 11.4 Å². The Morgan fingerprint density at radius 2 is 1.81 bits per heavy atom. The van der Waals surface area contributed by atoms with Gasteiger partial charge in [-0.25, -0.2) is 4.79 Å². The average Bonchev–Trinajstić information content (AvgIpc) is 2.46. The second-order valence-electron chi connectivity index (χ2n) is 4.64. The van der Waals surface area contributed by atoms with Gasteiger partial charge in [-0.1, -0.05) is 30.3 Å². The molecule has 0 bridgehead atoms. The van der Waals surface area contributed by atoms with Gasteiger partial charge in [0.15, 0.2) is 0 Å². The Morgan fingerprint density at radius 1 is 1.10 bits per heavy atom. The van der Waals surface area contributed by atoms with Crippen LogP contribution in [0.25, 0.3) is 0 Å². The topological polar surface area (TPSA) is 92.4 Å². The Kier molecular flexibility index (Phi) is 4.56. The Bertz CT molecular complexity index is 654. The summed E-state index contributed by atoms with van der Waals surface area (Å²) < 4.78 is 0. The third kappa shape index (κ3) is 4.07. The molecule has 2 rings (SSSR count). The molecule has 1 amide bonds. The number of rotatable bonds is 5. The number of carbonyl (C=O) groups excluding carboxylic acids is 1. The minimum atomic E-state index is -1.10. The van der Waals surface area contributed by atoms with Gasteiger partial charge in [0.2, 0.25) is 5.91 Å². The number of nitrogens with two attached hydrogens (primary N) is 1. The molecule has 0 aliphatic rings. The maximum absolute atomic E-state index is 11.9. The van der Waals surface area contributed by atoms with E-state index >= 15 is 0 Å². The van der Waals surface area contributed by atoms with Crippen molar-refractivity contribution in [2.45, 2.75) is 12.8 Å². The van der Waals surface area contributed by atoms with Crippen molar-refractivity contribution in [3.05, 3.63) is 59.7 Å². The fourth-order valence-corrected chi connectivity index (χ4v) is 1.97. The molecule has 2 aromatic carbocycles. The lowest BCUT2D eigenvalue weighted by atomic mass is 10.1. The van der Waals surface area contributed by atoms with Crippen molar-refractivity contribution in [3.63, 3.8) is 0 Å². The van der Waals surface area contributed by atoms with Crippen LogP contribution in [0.1, 0.15) is 22.3 Å². The fourth-order valence-electron chi connectivity index (χ4n) is 1.97. The van der Waals surface area contributed by atoms with Crippen LogP contribution in [0.5, 0.6) is 0 Å². The zero-order valence-corrected chi connectivity index (χ0v) is 11.4. The molecule has 0 radical (unpaired) electrons. The Hall–Kier alpha value is -2.82. The number of nitrogen functional groups attached to an aromatic ring is 1. The number of amides is 1. The maximum Gasteiger partial charge on any atom is 0.337 e. The molecule has 4 N–H and O–H groups in total. The number of carboxylic acids is 1. The van der Waals surface area contributed by atoms with E-state index in [2.05, 4.69) is 5.32 Å². The summed E-state index contributed by atoms with van der Waals surface area (Å²) >= 11 is 0. The highest BCUT2D eigenvalue weighted by atomic mass is 16.4. The third-order valence-corrected chi connectivity index (χ3v) is 3.03. The van der Waals surface area contributed by atoms with Gasteiger partial charge >= 0.3 is 5.97 Å². The second-order valence-corrected chi connectivity index (χ2v) is 4.64. The van der Waals surface area contributed by atoms with Crippen molar-refractivity contribution in [3.8, 4) is 0 Å². The van der Waals surface area contributed by atoms with E-state index in [0.717, 1.165) is 5.56 Å². The van der Waals surface area contributed by atoms with Gasteiger partial charge < -0.3 is 16.2 Å². The van der Waals surface area contributed by atoms with Gasteiger partial charge in [0, 0.05) is 12.1 Å². The van der Waals surface area contributed by atoms with Crippen LogP contribution in [0, 0.1) is 0 Å². The van der Waals surface area contributed by atoms with Gasteiger partial charge in [-0.2, -0.15) is 0 Å². The van der Waals surface area contributed by atoms with E-state index in [0.29, 0.717) is 12.1 Å². The highest BCUT2D eigenvalue weighted by Crippen LogP contribution is 2.19. The first-order valence-electron chi connectivity index (χ1n) is 6.53. The van der Waals surface area contributed by atoms with Crippen molar-refractivity contribution in [2.75, 3.05) is 11.1 Å². The zero-order valence-electron chi connectivity index (χ0n) is 11.4. The van der Waals surface area contributed by atoms with E-state index < -0.39 is 5.97 Å². The van der Waals surface area contributed by atoms with Crippen molar-refractivity contribution in [1.82, 2.24) is 0 Å². The highest BCUT2D eigenvalue weighted by Gasteiger charge is 2.12. The van der Waals surface area contributed by atoms with Crippen LogP contribution in [-0.2, 0) is 11.2 Å². The lowest BCUT2D eigenvalue weighted by Crippen LogP contribution is -2.15. The minimum Gasteiger partial charge on any atom is -0.478 e. The fraction of sp³-hybridized carbons (Fsp3) is 0.125. The SMILES string of the molecule is Nc1ccc(C(=O)O)c(NC(=O)CCc2ccccc2)c1. The van der Waals surface area contributed by atoms with Crippen molar-refractivity contribution in [1.29, 1.82) is 0 Å². The standard InChI is InChI=1S/C16H16N2O3/c17-12-7-8-13(16(20)21)14(10-12)18-15(19)9-6-11-4-2-1-3-5-11/h1-5,7-8,10H,6,9,17H2,(H,18,19)(H,20,21). The molecule has 108 valence electrons. The molecular weight excluding hydrogens is 268 g/mol. The van der Waals surface area contributed by atoms with Crippen LogP contribution in [-0.4, -0.2) is 17.0 Å². The number of hydrogen-bond acceptors (Lipinski definition) is 3. The van der Waals surface area contributed by atoms with E-state index in [-0.39, 0.29) is 23.6 Å². The smallest absolute Gasteiger partial charge is 0.337 e. The van der Waals surface area contributed by atoms with Gasteiger partial charge in [0.1, 0.15) is 0 Å². The molecule has 0 unspecified atom stereocenters. The van der Waals surface area contributed by atoms with Crippen LogP contribution in [0.2, 0.25) is 0 Å². The molecule has 0 saturated heterocycles. The number of aromatic carboxylic acids is 1. The maximum atomic E-state index is 11.9. The molecule has 0 aromatic heterocycles. The molecule has 0 heterocycles. The third-order valence-electron chi connectivity index (χ3n) is 3.03. The lowest BCUT2D eigenvalue weighted by Gasteiger charge is -2.09. The molecule has 5 heteroatoms. The normalized spacial score (nSPS) is 10.1. The Balaban J connectivity index is 2.02. The van der Waals surface area contributed by atoms with Crippen molar-refractivity contribution < 1.29 is 14.7 Å². The Labute approximate surface area is 122 Å². The second kappa shape index (κ2) is 6.56. The van der Waals surface area contributed by atoms with Crippen LogP contribution < -0.4 is 11.1 Å². The molecule has 5 nitrogen and oxygen atoms in total. The molecular formula is C16H16N2O3. The van der Waals surface area contributed by atoms with Gasteiger partial charge in [0.05, 0.1) is 11.3 Å². The number of carboxylic acid groups (broad SMARTS) is 1. The van der Waals surface area contributed by atoms with Crippen molar-refractivity contribution >= 4 is 23.3 Å². The molecule has 0 atom stereocenters.